The summed E-state index contributed by atoms with van der Waals surface area (Å²) in [6.07, 6.45) is 3.58. The minimum Gasteiger partial charge on any atom is -0.353 e. The Morgan fingerprint density at radius 1 is 0.895 bits per heavy atom. The Morgan fingerprint density at radius 2 is 1.58 bits per heavy atom. The fourth-order valence-electron chi connectivity index (χ4n) is 2.29. The van der Waals surface area contributed by atoms with E-state index in [1.807, 2.05) is 19.1 Å². The van der Waals surface area contributed by atoms with Crippen molar-refractivity contribution in [3.05, 3.63) is 42.4 Å². The Balaban J connectivity index is 1.67. The second-order valence-electron chi connectivity index (χ2n) is 4.66. The number of rotatable bonds is 2. The lowest BCUT2D eigenvalue weighted by Gasteiger charge is -2.35. The van der Waals surface area contributed by atoms with E-state index in [1.54, 1.807) is 12.4 Å². The number of piperazine rings is 1. The van der Waals surface area contributed by atoms with Crippen LogP contribution in [0.3, 0.4) is 0 Å². The predicted molar refractivity (Wildman–Crippen MR) is 75.4 cm³/mol. The summed E-state index contributed by atoms with van der Waals surface area (Å²) in [5, 5.41) is 0. The molecular weight excluding hydrogens is 238 g/mol. The SMILES string of the molecule is Cc1cccc(N2CCN(c3ncccn3)CC2)n1. The van der Waals surface area contributed by atoms with Crippen molar-refractivity contribution in [2.45, 2.75) is 6.92 Å². The number of aryl methyl sites for hydroxylation is 1. The molecule has 3 heterocycles. The quantitative estimate of drug-likeness (QED) is 0.814. The van der Waals surface area contributed by atoms with Gasteiger partial charge in [0.05, 0.1) is 0 Å². The minimum atomic E-state index is 0.819. The fraction of sp³-hybridized carbons (Fsp3) is 0.357. The topological polar surface area (TPSA) is 45.2 Å². The molecule has 0 amide bonds. The van der Waals surface area contributed by atoms with Crippen LogP contribution >= 0.6 is 0 Å². The van der Waals surface area contributed by atoms with Crippen LogP contribution in [-0.4, -0.2) is 41.1 Å². The number of nitrogens with zero attached hydrogens (tertiary/aromatic N) is 5. The van der Waals surface area contributed by atoms with Crippen molar-refractivity contribution in [3.63, 3.8) is 0 Å². The van der Waals surface area contributed by atoms with Crippen LogP contribution in [0.15, 0.2) is 36.7 Å². The van der Waals surface area contributed by atoms with Gasteiger partial charge < -0.3 is 9.80 Å². The van der Waals surface area contributed by atoms with E-state index in [9.17, 15) is 0 Å². The summed E-state index contributed by atoms with van der Waals surface area (Å²) < 4.78 is 0. The summed E-state index contributed by atoms with van der Waals surface area (Å²) in [7, 11) is 0. The van der Waals surface area contributed by atoms with Crippen molar-refractivity contribution in [3.8, 4) is 0 Å². The first kappa shape index (κ1) is 11.9. The van der Waals surface area contributed by atoms with Gasteiger partial charge in [-0.2, -0.15) is 0 Å². The zero-order valence-corrected chi connectivity index (χ0v) is 11.0. The lowest BCUT2D eigenvalue weighted by atomic mass is 10.3. The van der Waals surface area contributed by atoms with Gasteiger partial charge in [-0.25, -0.2) is 15.0 Å². The molecule has 1 saturated heterocycles. The van der Waals surface area contributed by atoms with Crippen LogP contribution in [0.2, 0.25) is 0 Å². The average Bonchev–Trinajstić information content (AvgIpc) is 2.48. The van der Waals surface area contributed by atoms with Crippen LogP contribution in [0, 0.1) is 6.92 Å². The van der Waals surface area contributed by atoms with Gasteiger partial charge in [0.1, 0.15) is 5.82 Å². The van der Waals surface area contributed by atoms with Crippen molar-refractivity contribution in [2.24, 2.45) is 0 Å². The maximum Gasteiger partial charge on any atom is 0.225 e. The Hall–Kier alpha value is -2.17. The molecule has 0 bridgehead atoms. The van der Waals surface area contributed by atoms with Crippen molar-refractivity contribution < 1.29 is 0 Å². The largest absolute Gasteiger partial charge is 0.353 e. The molecule has 1 aliphatic rings. The monoisotopic (exact) mass is 255 g/mol. The zero-order chi connectivity index (χ0) is 13.1. The fourth-order valence-corrected chi connectivity index (χ4v) is 2.29. The molecule has 98 valence electrons. The van der Waals surface area contributed by atoms with Crippen molar-refractivity contribution in [1.82, 2.24) is 15.0 Å². The Labute approximate surface area is 112 Å². The Kier molecular flexibility index (Phi) is 3.27. The number of aromatic nitrogens is 3. The third-order valence-corrected chi connectivity index (χ3v) is 3.31. The van der Waals surface area contributed by atoms with E-state index in [-0.39, 0.29) is 0 Å². The van der Waals surface area contributed by atoms with E-state index in [2.05, 4.69) is 36.9 Å². The maximum atomic E-state index is 4.57. The first-order chi connectivity index (χ1) is 9.33. The first-order valence-corrected chi connectivity index (χ1v) is 6.53. The van der Waals surface area contributed by atoms with Gasteiger partial charge in [-0.3, -0.25) is 0 Å². The van der Waals surface area contributed by atoms with Crippen LogP contribution in [0.4, 0.5) is 11.8 Å². The first-order valence-electron chi connectivity index (χ1n) is 6.53. The molecule has 2 aromatic rings. The van der Waals surface area contributed by atoms with Gasteiger partial charge in [-0.1, -0.05) is 6.07 Å². The molecule has 0 N–H and O–H groups in total. The minimum absolute atomic E-state index is 0.819. The van der Waals surface area contributed by atoms with Crippen molar-refractivity contribution >= 4 is 11.8 Å². The third-order valence-electron chi connectivity index (χ3n) is 3.31. The molecule has 0 aliphatic carbocycles. The summed E-state index contributed by atoms with van der Waals surface area (Å²) in [4.78, 5) is 17.7. The predicted octanol–water partition coefficient (Wildman–Crippen LogP) is 1.51. The summed E-state index contributed by atoms with van der Waals surface area (Å²) >= 11 is 0. The molecule has 19 heavy (non-hydrogen) atoms. The highest BCUT2D eigenvalue weighted by molar-refractivity contribution is 5.42. The summed E-state index contributed by atoms with van der Waals surface area (Å²) in [5.74, 6) is 1.88. The van der Waals surface area contributed by atoms with Crippen LogP contribution in [-0.2, 0) is 0 Å². The van der Waals surface area contributed by atoms with Gasteiger partial charge in [-0.15, -0.1) is 0 Å². The molecule has 0 saturated carbocycles. The smallest absolute Gasteiger partial charge is 0.225 e. The summed E-state index contributed by atoms with van der Waals surface area (Å²) in [6.45, 7) is 5.79. The Morgan fingerprint density at radius 3 is 2.26 bits per heavy atom. The van der Waals surface area contributed by atoms with Gasteiger partial charge in [0.2, 0.25) is 5.95 Å². The van der Waals surface area contributed by atoms with Gasteiger partial charge in [0, 0.05) is 44.3 Å². The second-order valence-corrected chi connectivity index (χ2v) is 4.66. The number of hydrogen-bond acceptors (Lipinski definition) is 5. The lowest BCUT2D eigenvalue weighted by Crippen LogP contribution is -2.47. The van der Waals surface area contributed by atoms with Crippen LogP contribution in [0.25, 0.3) is 0 Å². The molecule has 0 radical (unpaired) electrons. The standard InChI is InChI=1S/C14H17N5/c1-12-4-2-5-13(17-12)18-8-10-19(11-9-18)14-15-6-3-7-16-14/h2-7H,8-11H2,1H3. The van der Waals surface area contributed by atoms with E-state index in [0.717, 1.165) is 43.6 Å². The maximum absolute atomic E-state index is 4.57. The molecular formula is C14H17N5. The Bertz CT molecular complexity index is 535. The second kappa shape index (κ2) is 5.22. The normalized spacial score (nSPS) is 15.6. The number of pyridine rings is 1. The molecule has 2 aromatic heterocycles. The molecule has 0 unspecified atom stereocenters. The van der Waals surface area contributed by atoms with Crippen LogP contribution in [0.1, 0.15) is 5.69 Å². The van der Waals surface area contributed by atoms with Gasteiger partial charge in [0.15, 0.2) is 0 Å². The number of hydrogen-bond donors (Lipinski definition) is 0. The van der Waals surface area contributed by atoms with E-state index < -0.39 is 0 Å². The van der Waals surface area contributed by atoms with E-state index in [4.69, 9.17) is 0 Å². The number of anilines is 2. The van der Waals surface area contributed by atoms with Crippen LogP contribution in [0.5, 0.6) is 0 Å². The molecule has 0 spiro atoms. The van der Waals surface area contributed by atoms with Gasteiger partial charge >= 0.3 is 0 Å². The highest BCUT2D eigenvalue weighted by Gasteiger charge is 2.19. The van der Waals surface area contributed by atoms with Gasteiger partial charge in [0.25, 0.3) is 0 Å². The van der Waals surface area contributed by atoms with E-state index in [1.165, 1.54) is 0 Å². The van der Waals surface area contributed by atoms with Crippen LogP contribution < -0.4 is 9.80 Å². The van der Waals surface area contributed by atoms with Gasteiger partial charge in [-0.05, 0) is 25.1 Å². The lowest BCUT2D eigenvalue weighted by molar-refractivity contribution is 0.634. The molecule has 5 nitrogen and oxygen atoms in total. The highest BCUT2D eigenvalue weighted by atomic mass is 15.3. The molecule has 0 aromatic carbocycles. The molecule has 5 heteroatoms. The van der Waals surface area contributed by atoms with Crippen molar-refractivity contribution in [2.75, 3.05) is 36.0 Å². The zero-order valence-electron chi connectivity index (χ0n) is 11.0. The molecule has 1 aliphatic heterocycles. The summed E-state index contributed by atoms with van der Waals surface area (Å²) in [5.41, 5.74) is 1.06. The molecule has 1 fully saturated rings. The average molecular weight is 255 g/mol. The third kappa shape index (κ3) is 2.65. The molecule has 0 atom stereocenters. The molecule has 3 rings (SSSR count). The van der Waals surface area contributed by atoms with E-state index >= 15 is 0 Å². The summed E-state index contributed by atoms with van der Waals surface area (Å²) in [6, 6.07) is 8.00. The highest BCUT2D eigenvalue weighted by Crippen LogP contribution is 2.16. The van der Waals surface area contributed by atoms with E-state index in [0.29, 0.717) is 0 Å². The van der Waals surface area contributed by atoms with Crippen molar-refractivity contribution in [1.29, 1.82) is 0 Å².